The average Bonchev–Trinajstić information content (AvgIpc) is 2.68. The third-order valence-corrected chi connectivity index (χ3v) is 4.56. The molecule has 0 aliphatic rings. The highest BCUT2D eigenvalue weighted by Gasteiger charge is 2.17. The molecule has 0 bridgehead atoms. The third kappa shape index (κ3) is 3.34. The minimum Gasteiger partial charge on any atom is -0.465 e. The summed E-state index contributed by atoms with van der Waals surface area (Å²) in [4.78, 5) is 23.6. The Morgan fingerprint density at radius 3 is 2.58 bits per heavy atom. The molecule has 3 aromatic rings. The van der Waals surface area contributed by atoms with Gasteiger partial charge in [-0.2, -0.15) is 0 Å². The standard InChI is InChI=1S/C20H16BrNO4/c1-22-16-10-13(21)7-9-18(16)26-17-8-6-12(11-23)19-14(17)4-3-5-15(19)20(24)25-2/h3-11,22H,1-2H3/p+1. The molecule has 0 fully saturated rings. The fourth-order valence-corrected chi connectivity index (χ4v) is 3.21. The van der Waals surface area contributed by atoms with Gasteiger partial charge in [-0.15, -0.1) is 0 Å². The molecule has 0 spiro atoms. The number of benzene rings is 3. The first-order chi connectivity index (χ1) is 12.6. The quantitative estimate of drug-likeness (QED) is 0.391. The second-order valence-electron chi connectivity index (χ2n) is 5.56. The minimum atomic E-state index is -0.498. The van der Waals surface area contributed by atoms with Gasteiger partial charge in [0.25, 0.3) is 0 Å². The van der Waals surface area contributed by atoms with Crippen LogP contribution < -0.4 is 10.1 Å². The van der Waals surface area contributed by atoms with Crippen LogP contribution in [0.1, 0.15) is 20.7 Å². The number of methoxy groups -OCH3 is 1. The highest BCUT2D eigenvalue weighted by molar-refractivity contribution is 9.10. The van der Waals surface area contributed by atoms with Gasteiger partial charge in [-0.25, -0.2) is 4.79 Å². The van der Waals surface area contributed by atoms with Crippen LogP contribution in [0.15, 0.2) is 53.0 Å². The molecule has 0 unspecified atom stereocenters. The number of halogens is 1. The Kier molecular flexibility index (Phi) is 5.35. The fourth-order valence-electron chi connectivity index (χ4n) is 2.83. The number of ether oxygens (including phenoxy) is 2. The molecule has 0 aromatic heterocycles. The molecule has 5 nitrogen and oxygen atoms in total. The maximum Gasteiger partial charge on any atom is 0.338 e. The van der Waals surface area contributed by atoms with Crippen molar-refractivity contribution < 1.29 is 24.4 Å². The molecular formula is C20H17BrNO4+. The fraction of sp³-hybridized carbons (Fsp3) is 0.100. The molecule has 3 aromatic carbocycles. The van der Waals surface area contributed by atoms with E-state index in [9.17, 15) is 9.59 Å². The predicted molar refractivity (Wildman–Crippen MR) is 102 cm³/mol. The summed E-state index contributed by atoms with van der Waals surface area (Å²) in [6, 6.07) is 14.3. The lowest BCUT2D eigenvalue weighted by Crippen LogP contribution is -2.72. The summed E-state index contributed by atoms with van der Waals surface area (Å²) in [5.41, 5.74) is 1.66. The second kappa shape index (κ2) is 7.68. The molecule has 0 radical (unpaired) electrons. The van der Waals surface area contributed by atoms with Crippen molar-refractivity contribution in [2.24, 2.45) is 0 Å². The van der Waals surface area contributed by atoms with Crippen LogP contribution in [0, 0.1) is 0 Å². The molecule has 0 saturated heterocycles. The van der Waals surface area contributed by atoms with Crippen molar-refractivity contribution in [1.82, 2.24) is 0 Å². The van der Waals surface area contributed by atoms with Crippen LogP contribution in [-0.2, 0) is 4.74 Å². The zero-order chi connectivity index (χ0) is 18.7. The molecule has 26 heavy (non-hydrogen) atoms. The monoisotopic (exact) mass is 414 g/mol. The largest absolute Gasteiger partial charge is 0.465 e. The van der Waals surface area contributed by atoms with Gasteiger partial charge in [0.1, 0.15) is 5.75 Å². The lowest BCUT2D eigenvalue weighted by atomic mass is 9.99. The summed E-state index contributed by atoms with van der Waals surface area (Å²) in [6.07, 6.45) is 0.726. The van der Waals surface area contributed by atoms with E-state index in [0.29, 0.717) is 33.4 Å². The highest BCUT2D eigenvalue weighted by Crippen LogP contribution is 2.36. The molecule has 0 aliphatic heterocycles. The normalized spacial score (nSPS) is 10.6. The molecule has 3 rings (SSSR count). The zero-order valence-electron chi connectivity index (χ0n) is 14.3. The van der Waals surface area contributed by atoms with Crippen LogP contribution in [0.3, 0.4) is 0 Å². The summed E-state index contributed by atoms with van der Waals surface area (Å²) >= 11 is 3.45. The topological polar surface area (TPSA) is 69.2 Å². The van der Waals surface area contributed by atoms with Crippen molar-refractivity contribution in [3.05, 3.63) is 64.1 Å². The number of rotatable bonds is 5. The van der Waals surface area contributed by atoms with Crippen molar-refractivity contribution >= 4 is 44.6 Å². The maximum atomic E-state index is 12.1. The van der Waals surface area contributed by atoms with E-state index in [1.165, 1.54) is 7.11 Å². The number of hydrogen-bond acceptors (Lipinski definition) is 4. The molecule has 6 heteroatoms. The van der Waals surface area contributed by atoms with Crippen molar-refractivity contribution in [2.45, 2.75) is 0 Å². The maximum absolute atomic E-state index is 12.1. The first kappa shape index (κ1) is 18.1. The van der Waals surface area contributed by atoms with Gasteiger partial charge in [0.2, 0.25) is 0 Å². The van der Waals surface area contributed by atoms with E-state index in [0.717, 1.165) is 16.4 Å². The van der Waals surface area contributed by atoms with E-state index in [4.69, 9.17) is 9.47 Å². The molecule has 0 aliphatic carbocycles. The molecule has 0 heterocycles. The van der Waals surface area contributed by atoms with Crippen molar-refractivity contribution in [2.75, 3.05) is 14.2 Å². The lowest BCUT2D eigenvalue weighted by molar-refractivity contribution is -0.540. The van der Waals surface area contributed by atoms with E-state index in [-0.39, 0.29) is 0 Å². The van der Waals surface area contributed by atoms with Crippen LogP contribution in [0.4, 0.5) is 5.69 Å². The molecule has 2 N–H and O–H groups in total. The Morgan fingerprint density at radius 2 is 1.88 bits per heavy atom. The number of carbonyl (C=O) groups excluding carboxylic acids is 2. The van der Waals surface area contributed by atoms with Crippen LogP contribution >= 0.6 is 15.9 Å². The number of quaternary nitrogens is 1. The smallest absolute Gasteiger partial charge is 0.338 e. The number of esters is 1. The summed E-state index contributed by atoms with van der Waals surface area (Å²) in [5, 5.41) is 3.13. The Balaban J connectivity index is 2.19. The number of carbonyl (C=O) groups is 2. The van der Waals surface area contributed by atoms with Crippen molar-refractivity contribution in [1.29, 1.82) is 0 Å². The Morgan fingerprint density at radius 1 is 1.12 bits per heavy atom. The number of nitrogens with two attached hydrogens (primary N) is 1. The highest BCUT2D eigenvalue weighted by atomic mass is 79.9. The van der Waals surface area contributed by atoms with Gasteiger partial charge in [-0.05, 0) is 30.3 Å². The third-order valence-electron chi connectivity index (χ3n) is 4.07. The lowest BCUT2D eigenvalue weighted by Gasteiger charge is -2.13. The van der Waals surface area contributed by atoms with Crippen LogP contribution in [-0.4, -0.2) is 26.4 Å². The van der Waals surface area contributed by atoms with Gasteiger partial charge in [0.15, 0.2) is 17.7 Å². The molecule has 0 saturated carbocycles. The van der Waals surface area contributed by atoms with Crippen LogP contribution in [0.2, 0.25) is 0 Å². The van der Waals surface area contributed by atoms with Crippen LogP contribution in [0.25, 0.3) is 10.8 Å². The minimum absolute atomic E-state index is 0.329. The Hall–Kier alpha value is -2.70. The van der Waals surface area contributed by atoms with Gasteiger partial charge < -0.3 is 14.8 Å². The van der Waals surface area contributed by atoms with Gasteiger partial charge in [0.05, 0.1) is 19.7 Å². The summed E-state index contributed by atoms with van der Waals surface area (Å²) < 4.78 is 11.9. The summed E-state index contributed by atoms with van der Waals surface area (Å²) in [7, 11) is 3.24. The van der Waals surface area contributed by atoms with Gasteiger partial charge in [0, 0.05) is 26.9 Å². The predicted octanol–water partition coefficient (Wildman–Crippen LogP) is 3.82. The zero-order valence-corrected chi connectivity index (χ0v) is 15.9. The van der Waals surface area contributed by atoms with Gasteiger partial charge in [-0.1, -0.05) is 28.1 Å². The number of aldehydes is 1. The van der Waals surface area contributed by atoms with Gasteiger partial charge >= 0.3 is 5.97 Å². The van der Waals surface area contributed by atoms with Crippen LogP contribution in [0.5, 0.6) is 11.5 Å². The first-order valence-corrected chi connectivity index (χ1v) is 8.74. The molecule has 132 valence electrons. The van der Waals surface area contributed by atoms with Crippen molar-refractivity contribution in [3.8, 4) is 11.5 Å². The molecule has 0 atom stereocenters. The summed E-state index contributed by atoms with van der Waals surface area (Å²) in [6.45, 7) is 0. The average molecular weight is 415 g/mol. The van der Waals surface area contributed by atoms with E-state index < -0.39 is 5.97 Å². The second-order valence-corrected chi connectivity index (χ2v) is 6.48. The van der Waals surface area contributed by atoms with E-state index in [2.05, 4.69) is 15.9 Å². The van der Waals surface area contributed by atoms with E-state index in [1.807, 2.05) is 36.6 Å². The number of fused-ring (bicyclic) bond motifs is 1. The van der Waals surface area contributed by atoms with E-state index in [1.54, 1.807) is 24.3 Å². The Labute approximate surface area is 159 Å². The Bertz CT molecular complexity index is 1000. The van der Waals surface area contributed by atoms with Crippen molar-refractivity contribution in [3.63, 3.8) is 0 Å². The summed E-state index contributed by atoms with van der Waals surface area (Å²) in [5.74, 6) is 0.739. The molecule has 0 amide bonds. The SMILES string of the molecule is C[NH2+]c1cc(Br)ccc1Oc1ccc(C=O)c2c(C(=O)OC)cccc12. The first-order valence-electron chi connectivity index (χ1n) is 7.95. The molecular weight excluding hydrogens is 398 g/mol. The van der Waals surface area contributed by atoms with E-state index >= 15 is 0 Å². The van der Waals surface area contributed by atoms with Gasteiger partial charge in [-0.3, -0.25) is 4.79 Å². The number of hydrogen-bond donors (Lipinski definition) is 1.